The third kappa shape index (κ3) is 6.14. The van der Waals surface area contributed by atoms with E-state index in [0.29, 0.717) is 11.4 Å². The maximum absolute atomic E-state index is 11.8. The largest absolute Gasteiger partial charge is 0.480 e. The van der Waals surface area contributed by atoms with Crippen LogP contribution in [0.25, 0.3) is 0 Å². The monoisotopic (exact) mass is 313 g/mol. The van der Waals surface area contributed by atoms with Crippen molar-refractivity contribution in [2.75, 3.05) is 0 Å². The Balaban J connectivity index is 2.67. The van der Waals surface area contributed by atoms with Crippen LogP contribution in [-0.2, 0) is 16.0 Å². The Bertz CT molecular complexity index is 487. The second-order valence-corrected chi connectivity index (χ2v) is 5.81. The third-order valence-corrected chi connectivity index (χ3v) is 3.22. The molecule has 0 aliphatic heterocycles. The Morgan fingerprint density at radius 2 is 1.81 bits per heavy atom. The van der Waals surface area contributed by atoms with Gasteiger partial charge in [0.25, 0.3) is 0 Å². The number of hydrogen-bond donors (Lipinski definition) is 3. The number of carbonyl (C=O) groups is 2. The number of carboxylic acids is 1. The van der Waals surface area contributed by atoms with E-state index in [0.717, 1.165) is 5.56 Å². The molecule has 0 saturated heterocycles. The van der Waals surface area contributed by atoms with Gasteiger partial charge in [0.2, 0.25) is 5.91 Å². The molecular weight excluding hydrogens is 294 g/mol. The lowest BCUT2D eigenvalue weighted by Gasteiger charge is -2.18. The number of aliphatic carboxylic acids is 1. The Kier molecular flexibility index (Phi) is 6.65. The van der Waals surface area contributed by atoms with Crippen molar-refractivity contribution in [3.8, 4) is 0 Å². The second-order valence-electron chi connectivity index (χ2n) is 5.38. The van der Waals surface area contributed by atoms with E-state index < -0.39 is 24.0 Å². The molecule has 21 heavy (non-hydrogen) atoms. The molecule has 0 bridgehead atoms. The molecule has 3 N–H and O–H groups in total. The summed E-state index contributed by atoms with van der Waals surface area (Å²) in [5, 5.41) is 21.8. The van der Waals surface area contributed by atoms with Gasteiger partial charge in [0.05, 0.1) is 0 Å². The fraction of sp³-hybridized carbons (Fsp3) is 0.467. The molecule has 116 valence electrons. The lowest BCUT2D eigenvalue weighted by atomic mass is 10.0. The minimum atomic E-state index is -1.20. The van der Waals surface area contributed by atoms with E-state index in [-0.39, 0.29) is 12.3 Å². The summed E-state index contributed by atoms with van der Waals surface area (Å²) >= 11 is 5.77. The van der Waals surface area contributed by atoms with E-state index in [2.05, 4.69) is 5.32 Å². The minimum absolute atomic E-state index is 0.132. The maximum atomic E-state index is 11.8. The first-order valence-electron chi connectivity index (χ1n) is 6.75. The van der Waals surface area contributed by atoms with Gasteiger partial charge in [-0.25, -0.2) is 4.79 Å². The predicted molar refractivity (Wildman–Crippen MR) is 80.2 cm³/mol. The van der Waals surface area contributed by atoms with Crippen LogP contribution < -0.4 is 5.32 Å². The number of amides is 1. The molecule has 2 atom stereocenters. The second kappa shape index (κ2) is 8.00. The van der Waals surface area contributed by atoms with Crippen LogP contribution in [0.1, 0.15) is 25.8 Å². The first kappa shape index (κ1) is 17.5. The lowest BCUT2D eigenvalue weighted by molar-refractivity contribution is -0.143. The number of benzene rings is 1. The molecule has 0 spiro atoms. The molecule has 0 heterocycles. The van der Waals surface area contributed by atoms with E-state index in [4.69, 9.17) is 11.6 Å². The van der Waals surface area contributed by atoms with Crippen LogP contribution in [-0.4, -0.2) is 34.2 Å². The van der Waals surface area contributed by atoms with Crippen molar-refractivity contribution in [3.63, 3.8) is 0 Å². The smallest absolute Gasteiger partial charge is 0.326 e. The van der Waals surface area contributed by atoms with Crippen LogP contribution in [0.15, 0.2) is 24.3 Å². The fourth-order valence-corrected chi connectivity index (χ4v) is 2.00. The predicted octanol–water partition coefficient (Wildman–Crippen LogP) is 1.86. The highest BCUT2D eigenvalue weighted by Gasteiger charge is 2.24. The maximum Gasteiger partial charge on any atom is 0.326 e. The van der Waals surface area contributed by atoms with Gasteiger partial charge >= 0.3 is 5.97 Å². The molecule has 1 aromatic carbocycles. The van der Waals surface area contributed by atoms with E-state index in [1.807, 2.05) is 13.8 Å². The summed E-state index contributed by atoms with van der Waals surface area (Å²) in [5.41, 5.74) is 0.741. The van der Waals surface area contributed by atoms with Crippen LogP contribution in [0.4, 0.5) is 0 Å². The Labute approximate surface area is 128 Å². The number of halogens is 1. The average molecular weight is 314 g/mol. The molecule has 6 heteroatoms. The number of rotatable bonds is 7. The van der Waals surface area contributed by atoms with Crippen LogP contribution in [0, 0.1) is 5.92 Å². The van der Waals surface area contributed by atoms with Crippen molar-refractivity contribution in [2.24, 2.45) is 5.92 Å². The van der Waals surface area contributed by atoms with Crippen molar-refractivity contribution in [1.29, 1.82) is 0 Å². The standard InChI is InChI=1S/C15H20ClNO4/c1-9(2)7-13(18)14(19)17-12(15(20)21)8-10-3-5-11(16)6-4-10/h3-6,9,12-13,18H,7-8H2,1-2H3,(H,17,19)(H,20,21)/t12-,13+/m0/s1. The molecule has 1 amide bonds. The normalized spacial score (nSPS) is 13.8. The highest BCUT2D eigenvalue weighted by atomic mass is 35.5. The van der Waals surface area contributed by atoms with Crippen molar-refractivity contribution >= 4 is 23.5 Å². The third-order valence-electron chi connectivity index (χ3n) is 2.96. The highest BCUT2D eigenvalue weighted by Crippen LogP contribution is 2.12. The molecule has 0 aliphatic rings. The summed E-state index contributed by atoms with van der Waals surface area (Å²) in [6.45, 7) is 3.75. The van der Waals surface area contributed by atoms with Gasteiger partial charge in [0.1, 0.15) is 12.1 Å². The zero-order chi connectivity index (χ0) is 16.0. The van der Waals surface area contributed by atoms with E-state index in [1.54, 1.807) is 24.3 Å². The zero-order valence-corrected chi connectivity index (χ0v) is 12.8. The van der Waals surface area contributed by atoms with Gasteiger partial charge in [-0.2, -0.15) is 0 Å². The van der Waals surface area contributed by atoms with Gasteiger partial charge in [0, 0.05) is 11.4 Å². The number of carbonyl (C=O) groups excluding carboxylic acids is 1. The molecule has 0 saturated carbocycles. The van der Waals surface area contributed by atoms with Crippen LogP contribution in [0.2, 0.25) is 5.02 Å². The molecule has 0 unspecified atom stereocenters. The molecular formula is C15H20ClNO4. The van der Waals surface area contributed by atoms with Crippen LogP contribution in [0.5, 0.6) is 0 Å². The zero-order valence-electron chi connectivity index (χ0n) is 12.0. The molecule has 0 aliphatic carbocycles. The molecule has 1 rings (SSSR count). The summed E-state index contributed by atoms with van der Waals surface area (Å²) in [4.78, 5) is 23.0. The van der Waals surface area contributed by atoms with Crippen LogP contribution >= 0.6 is 11.6 Å². The summed E-state index contributed by atoms with van der Waals surface area (Å²) < 4.78 is 0. The van der Waals surface area contributed by atoms with Crippen molar-refractivity contribution in [2.45, 2.75) is 38.8 Å². The minimum Gasteiger partial charge on any atom is -0.480 e. The summed E-state index contributed by atoms with van der Waals surface area (Å²) in [5.74, 6) is -1.66. The molecule has 0 aromatic heterocycles. The topological polar surface area (TPSA) is 86.6 Å². The number of aliphatic hydroxyl groups is 1. The molecule has 1 aromatic rings. The number of nitrogens with one attached hydrogen (secondary N) is 1. The summed E-state index contributed by atoms with van der Waals surface area (Å²) in [6, 6.07) is 5.64. The number of aliphatic hydroxyl groups excluding tert-OH is 1. The van der Waals surface area contributed by atoms with E-state index in [9.17, 15) is 19.8 Å². The lowest BCUT2D eigenvalue weighted by Crippen LogP contribution is -2.46. The van der Waals surface area contributed by atoms with Gasteiger partial charge in [-0.1, -0.05) is 37.6 Å². The number of carboxylic acid groups (broad SMARTS) is 1. The van der Waals surface area contributed by atoms with Gasteiger partial charge in [-0.15, -0.1) is 0 Å². The molecule has 5 nitrogen and oxygen atoms in total. The van der Waals surface area contributed by atoms with Gasteiger partial charge in [0.15, 0.2) is 0 Å². The first-order valence-corrected chi connectivity index (χ1v) is 7.13. The van der Waals surface area contributed by atoms with E-state index >= 15 is 0 Å². The Morgan fingerprint density at radius 3 is 2.29 bits per heavy atom. The molecule has 0 fully saturated rings. The quantitative estimate of drug-likeness (QED) is 0.717. The van der Waals surface area contributed by atoms with Crippen molar-refractivity contribution in [1.82, 2.24) is 5.32 Å². The summed E-state index contributed by atoms with van der Waals surface area (Å²) in [7, 11) is 0. The Hall–Kier alpha value is -1.59. The fourth-order valence-electron chi connectivity index (χ4n) is 1.88. The van der Waals surface area contributed by atoms with Gasteiger partial charge < -0.3 is 15.5 Å². The van der Waals surface area contributed by atoms with Crippen molar-refractivity contribution < 1.29 is 19.8 Å². The van der Waals surface area contributed by atoms with Crippen molar-refractivity contribution in [3.05, 3.63) is 34.9 Å². The summed E-state index contributed by atoms with van der Waals surface area (Å²) in [6.07, 6.45) is -0.775. The molecule has 0 radical (unpaired) electrons. The SMILES string of the molecule is CC(C)C[C@@H](O)C(=O)N[C@@H](Cc1ccc(Cl)cc1)C(=O)O. The Morgan fingerprint density at radius 1 is 1.24 bits per heavy atom. The van der Waals surface area contributed by atoms with Gasteiger partial charge in [-0.05, 0) is 30.0 Å². The van der Waals surface area contributed by atoms with Crippen LogP contribution in [0.3, 0.4) is 0 Å². The average Bonchev–Trinajstić information content (AvgIpc) is 2.39. The highest BCUT2D eigenvalue weighted by molar-refractivity contribution is 6.30. The van der Waals surface area contributed by atoms with Gasteiger partial charge in [-0.3, -0.25) is 4.79 Å². The first-order chi connectivity index (χ1) is 9.79. The van der Waals surface area contributed by atoms with E-state index in [1.165, 1.54) is 0 Å². The number of hydrogen-bond acceptors (Lipinski definition) is 3.